The zero-order chi connectivity index (χ0) is 12.9. The van der Waals surface area contributed by atoms with E-state index in [1.54, 1.807) is 0 Å². The van der Waals surface area contributed by atoms with Crippen molar-refractivity contribution in [1.29, 1.82) is 0 Å². The summed E-state index contributed by atoms with van der Waals surface area (Å²) in [5, 5.41) is 8.77. The summed E-state index contributed by atoms with van der Waals surface area (Å²) in [7, 11) is 0. The minimum atomic E-state index is -0.413. The standard InChI is InChI=1S/C14H29NO2/c1-2-3-4-5-6-7-8-9-10-11-14(17)13(15)12-16/h13,16H,2-12,15H2,1H3/p+1/t13-/m0/s1. The van der Waals surface area contributed by atoms with Crippen molar-refractivity contribution in [3.8, 4) is 0 Å². The first kappa shape index (κ1) is 16.6. The summed E-state index contributed by atoms with van der Waals surface area (Å²) in [5.74, 6) is 0.107. The molecular weight excluding hydrogens is 214 g/mol. The second kappa shape index (κ2) is 12.1. The summed E-state index contributed by atoms with van der Waals surface area (Å²) in [4.78, 5) is 11.4. The molecule has 102 valence electrons. The fourth-order valence-corrected chi connectivity index (χ4v) is 1.92. The van der Waals surface area contributed by atoms with E-state index in [1.165, 1.54) is 44.9 Å². The molecule has 0 saturated carbocycles. The fraction of sp³-hybridized carbons (Fsp3) is 0.929. The van der Waals surface area contributed by atoms with Crippen LogP contribution in [0.25, 0.3) is 0 Å². The Morgan fingerprint density at radius 2 is 1.47 bits per heavy atom. The quantitative estimate of drug-likeness (QED) is 0.516. The number of quaternary nitrogens is 1. The Balaban J connectivity index is 3.16. The molecule has 1 atom stereocenters. The molecular formula is C14H30NO2+. The molecule has 0 amide bonds. The fourth-order valence-electron chi connectivity index (χ4n) is 1.92. The smallest absolute Gasteiger partial charge is 0.192 e. The van der Waals surface area contributed by atoms with Gasteiger partial charge in [-0.2, -0.15) is 0 Å². The first-order chi connectivity index (χ1) is 8.22. The highest BCUT2D eigenvalue weighted by Crippen LogP contribution is 2.10. The molecule has 3 nitrogen and oxygen atoms in total. The summed E-state index contributed by atoms with van der Waals surface area (Å²) in [6.07, 6.45) is 11.9. The predicted octanol–water partition coefficient (Wildman–Crippen LogP) is 2.08. The van der Waals surface area contributed by atoms with E-state index in [1.807, 2.05) is 0 Å². The number of aliphatic hydroxyl groups is 1. The van der Waals surface area contributed by atoms with Gasteiger partial charge in [0.05, 0.1) is 0 Å². The zero-order valence-corrected chi connectivity index (χ0v) is 11.4. The van der Waals surface area contributed by atoms with Gasteiger partial charge in [0.2, 0.25) is 0 Å². The summed E-state index contributed by atoms with van der Waals surface area (Å²) in [6, 6.07) is -0.413. The number of Topliss-reactive ketones (excluding diaryl/α,β-unsaturated/α-hetero) is 1. The molecule has 0 aromatic heterocycles. The minimum absolute atomic E-state index is 0.107. The zero-order valence-electron chi connectivity index (χ0n) is 11.4. The molecule has 0 aromatic carbocycles. The van der Waals surface area contributed by atoms with Crippen LogP contribution in [0.1, 0.15) is 71.1 Å². The van der Waals surface area contributed by atoms with Gasteiger partial charge < -0.3 is 10.8 Å². The summed E-state index contributed by atoms with van der Waals surface area (Å²) in [5.41, 5.74) is 3.61. The van der Waals surface area contributed by atoms with E-state index in [4.69, 9.17) is 5.11 Å². The van der Waals surface area contributed by atoms with Crippen molar-refractivity contribution in [2.24, 2.45) is 0 Å². The van der Waals surface area contributed by atoms with Crippen LogP contribution < -0.4 is 5.73 Å². The van der Waals surface area contributed by atoms with Crippen molar-refractivity contribution in [2.45, 2.75) is 77.2 Å². The van der Waals surface area contributed by atoms with E-state index in [0.717, 1.165) is 12.8 Å². The number of carbonyl (C=O) groups excluding carboxylic acids is 1. The van der Waals surface area contributed by atoms with E-state index in [0.29, 0.717) is 6.42 Å². The Bertz CT molecular complexity index is 183. The number of unbranched alkanes of at least 4 members (excludes halogenated alkanes) is 8. The third kappa shape index (κ3) is 10.5. The topological polar surface area (TPSA) is 64.9 Å². The van der Waals surface area contributed by atoms with Crippen molar-refractivity contribution in [2.75, 3.05) is 6.61 Å². The van der Waals surface area contributed by atoms with Crippen LogP contribution in [0, 0.1) is 0 Å². The Kier molecular flexibility index (Phi) is 11.8. The van der Waals surface area contributed by atoms with Crippen LogP contribution in [-0.2, 0) is 4.79 Å². The maximum Gasteiger partial charge on any atom is 0.192 e. The molecule has 0 saturated heterocycles. The van der Waals surface area contributed by atoms with E-state index in [2.05, 4.69) is 12.7 Å². The maximum atomic E-state index is 11.4. The first-order valence-corrected chi connectivity index (χ1v) is 7.19. The average Bonchev–Trinajstić information content (AvgIpc) is 2.35. The molecule has 0 aromatic rings. The molecule has 4 N–H and O–H groups in total. The maximum absolute atomic E-state index is 11.4. The van der Waals surface area contributed by atoms with E-state index in [-0.39, 0.29) is 12.4 Å². The molecule has 0 bridgehead atoms. The van der Waals surface area contributed by atoms with Crippen molar-refractivity contribution >= 4 is 5.78 Å². The molecule has 0 aliphatic heterocycles. The van der Waals surface area contributed by atoms with E-state index < -0.39 is 6.04 Å². The summed E-state index contributed by atoms with van der Waals surface area (Å²) >= 11 is 0. The normalized spacial score (nSPS) is 12.6. The Hall–Kier alpha value is -0.410. The third-order valence-corrected chi connectivity index (χ3v) is 3.20. The number of hydrogen-bond donors (Lipinski definition) is 2. The molecule has 0 aliphatic carbocycles. The van der Waals surface area contributed by atoms with Gasteiger partial charge in [0.1, 0.15) is 6.61 Å². The lowest BCUT2D eigenvalue weighted by Gasteiger charge is -2.04. The molecule has 17 heavy (non-hydrogen) atoms. The van der Waals surface area contributed by atoms with Crippen LogP contribution >= 0.6 is 0 Å². The molecule has 0 radical (unpaired) electrons. The monoisotopic (exact) mass is 244 g/mol. The summed E-state index contributed by atoms with van der Waals surface area (Å²) < 4.78 is 0. The third-order valence-electron chi connectivity index (χ3n) is 3.20. The molecule has 0 unspecified atom stereocenters. The lowest BCUT2D eigenvalue weighted by Crippen LogP contribution is -2.66. The average molecular weight is 244 g/mol. The van der Waals surface area contributed by atoms with Crippen molar-refractivity contribution in [1.82, 2.24) is 0 Å². The van der Waals surface area contributed by atoms with Crippen LogP contribution in [0.2, 0.25) is 0 Å². The van der Waals surface area contributed by atoms with Gasteiger partial charge in [0, 0.05) is 6.42 Å². The van der Waals surface area contributed by atoms with Crippen molar-refractivity contribution < 1.29 is 15.6 Å². The van der Waals surface area contributed by atoms with Crippen LogP contribution in [0.3, 0.4) is 0 Å². The minimum Gasteiger partial charge on any atom is -0.390 e. The van der Waals surface area contributed by atoms with Gasteiger partial charge in [0.25, 0.3) is 0 Å². The first-order valence-electron chi connectivity index (χ1n) is 7.19. The predicted molar refractivity (Wildman–Crippen MR) is 70.6 cm³/mol. The Morgan fingerprint density at radius 1 is 1.00 bits per heavy atom. The van der Waals surface area contributed by atoms with Gasteiger partial charge in [-0.05, 0) is 6.42 Å². The Labute approximate surface area is 106 Å². The SMILES string of the molecule is CCCCCCCCCCCC(=O)[C@@H]([NH3+])CO. The molecule has 0 aliphatic rings. The lowest BCUT2D eigenvalue weighted by molar-refractivity contribution is -0.408. The number of aliphatic hydroxyl groups excluding tert-OH is 1. The van der Waals surface area contributed by atoms with Gasteiger partial charge in [0.15, 0.2) is 11.8 Å². The van der Waals surface area contributed by atoms with Gasteiger partial charge in [-0.1, -0.05) is 58.3 Å². The number of hydrogen-bond acceptors (Lipinski definition) is 2. The Morgan fingerprint density at radius 3 is 1.94 bits per heavy atom. The molecule has 0 fully saturated rings. The highest BCUT2D eigenvalue weighted by molar-refractivity contribution is 5.82. The number of rotatable bonds is 12. The van der Waals surface area contributed by atoms with Crippen LogP contribution in [0.4, 0.5) is 0 Å². The van der Waals surface area contributed by atoms with Gasteiger partial charge in [-0.3, -0.25) is 4.79 Å². The number of carbonyl (C=O) groups is 1. The van der Waals surface area contributed by atoms with Crippen LogP contribution in [-0.4, -0.2) is 23.5 Å². The van der Waals surface area contributed by atoms with Crippen molar-refractivity contribution in [3.05, 3.63) is 0 Å². The van der Waals surface area contributed by atoms with Gasteiger partial charge in [-0.15, -0.1) is 0 Å². The van der Waals surface area contributed by atoms with Crippen LogP contribution in [0.5, 0.6) is 0 Å². The molecule has 3 heteroatoms. The molecule has 0 rings (SSSR count). The largest absolute Gasteiger partial charge is 0.390 e. The highest BCUT2D eigenvalue weighted by Gasteiger charge is 2.14. The van der Waals surface area contributed by atoms with Gasteiger partial charge in [-0.25, -0.2) is 0 Å². The van der Waals surface area contributed by atoms with Crippen molar-refractivity contribution in [3.63, 3.8) is 0 Å². The van der Waals surface area contributed by atoms with Crippen LogP contribution in [0.15, 0.2) is 0 Å². The van der Waals surface area contributed by atoms with Gasteiger partial charge >= 0.3 is 0 Å². The van der Waals surface area contributed by atoms with E-state index >= 15 is 0 Å². The summed E-state index contributed by atoms with van der Waals surface area (Å²) in [6.45, 7) is 2.12. The second-order valence-corrected chi connectivity index (χ2v) is 4.92. The molecule has 0 heterocycles. The lowest BCUT2D eigenvalue weighted by atomic mass is 10.0. The van der Waals surface area contributed by atoms with E-state index in [9.17, 15) is 4.79 Å². The number of ketones is 1. The second-order valence-electron chi connectivity index (χ2n) is 4.92. The highest BCUT2D eigenvalue weighted by atomic mass is 16.3. The molecule has 0 spiro atoms.